The molecule has 0 bridgehead atoms. The molecule has 0 spiro atoms. The second-order valence-electron chi connectivity index (χ2n) is 7.97. The lowest BCUT2D eigenvalue weighted by Crippen LogP contribution is -2.55. The van der Waals surface area contributed by atoms with Crippen molar-refractivity contribution >= 4 is 5.91 Å². The number of nitrogens with two attached hydrogens (primary N) is 1. The van der Waals surface area contributed by atoms with Gasteiger partial charge in [0.1, 0.15) is 5.54 Å². The van der Waals surface area contributed by atoms with Crippen molar-refractivity contribution in [3.63, 3.8) is 0 Å². The highest BCUT2D eigenvalue weighted by Gasteiger charge is 2.37. The van der Waals surface area contributed by atoms with Gasteiger partial charge in [-0.3, -0.25) is 9.69 Å². The second kappa shape index (κ2) is 8.24. The molecule has 1 saturated heterocycles. The van der Waals surface area contributed by atoms with Gasteiger partial charge in [0.05, 0.1) is 0 Å². The van der Waals surface area contributed by atoms with Crippen LogP contribution in [0, 0.1) is 0 Å². The Morgan fingerprint density at radius 1 is 1.15 bits per heavy atom. The number of hydrogen-bond donors (Lipinski definition) is 1. The van der Waals surface area contributed by atoms with E-state index < -0.39 is 5.54 Å². The van der Waals surface area contributed by atoms with Crippen LogP contribution in [-0.4, -0.2) is 41.4 Å². The Bertz CT molecular complexity index is 745. The first-order valence-corrected chi connectivity index (χ1v) is 9.79. The molecule has 1 amide bonds. The van der Waals surface area contributed by atoms with Crippen LogP contribution in [0.5, 0.6) is 0 Å². The smallest absolute Gasteiger partial charge is 0.246 e. The van der Waals surface area contributed by atoms with Crippen LogP contribution in [0.25, 0.3) is 0 Å². The highest BCUT2D eigenvalue weighted by atomic mass is 16.2. The van der Waals surface area contributed by atoms with Crippen LogP contribution >= 0.6 is 0 Å². The number of amides is 1. The molecule has 0 aliphatic carbocycles. The fourth-order valence-electron chi connectivity index (χ4n) is 4.04. The first-order chi connectivity index (χ1) is 12.9. The Labute approximate surface area is 163 Å². The van der Waals surface area contributed by atoms with Crippen LogP contribution in [0.1, 0.15) is 37.8 Å². The summed E-state index contributed by atoms with van der Waals surface area (Å²) in [6, 6.07) is 20.9. The minimum atomic E-state index is -1.000. The molecule has 27 heavy (non-hydrogen) atoms. The van der Waals surface area contributed by atoms with Crippen molar-refractivity contribution in [1.82, 2.24) is 9.80 Å². The van der Waals surface area contributed by atoms with E-state index in [-0.39, 0.29) is 11.9 Å². The van der Waals surface area contributed by atoms with Gasteiger partial charge >= 0.3 is 0 Å². The molecule has 2 N–H and O–H groups in total. The fourth-order valence-corrected chi connectivity index (χ4v) is 4.04. The summed E-state index contributed by atoms with van der Waals surface area (Å²) in [5.74, 6) is -0.0117. The molecule has 1 heterocycles. The lowest BCUT2D eigenvalue weighted by atomic mass is 9.89. The van der Waals surface area contributed by atoms with E-state index in [0.29, 0.717) is 6.04 Å². The molecule has 4 heteroatoms. The van der Waals surface area contributed by atoms with E-state index in [1.165, 1.54) is 5.56 Å². The van der Waals surface area contributed by atoms with Crippen molar-refractivity contribution in [3.8, 4) is 0 Å². The molecular weight excluding hydrogens is 334 g/mol. The van der Waals surface area contributed by atoms with Crippen molar-refractivity contribution < 1.29 is 4.79 Å². The molecule has 0 saturated carbocycles. The average molecular weight is 366 g/mol. The minimum absolute atomic E-state index is 0.0117. The van der Waals surface area contributed by atoms with Gasteiger partial charge in [-0.15, -0.1) is 0 Å². The van der Waals surface area contributed by atoms with Gasteiger partial charge in [0.15, 0.2) is 0 Å². The van der Waals surface area contributed by atoms with E-state index in [4.69, 9.17) is 5.73 Å². The van der Waals surface area contributed by atoms with Gasteiger partial charge < -0.3 is 10.6 Å². The van der Waals surface area contributed by atoms with Crippen molar-refractivity contribution in [1.29, 1.82) is 0 Å². The maximum absolute atomic E-state index is 13.1. The predicted molar refractivity (Wildman–Crippen MR) is 110 cm³/mol. The van der Waals surface area contributed by atoms with E-state index in [1.807, 2.05) is 49.2 Å². The van der Waals surface area contributed by atoms with Gasteiger partial charge in [0.25, 0.3) is 0 Å². The first-order valence-electron chi connectivity index (χ1n) is 9.79. The molecule has 3 atom stereocenters. The molecule has 3 rings (SSSR count). The third kappa shape index (κ3) is 4.40. The summed E-state index contributed by atoms with van der Waals surface area (Å²) < 4.78 is 0. The molecule has 144 valence electrons. The number of carbonyl (C=O) groups excluding carboxylic acids is 1. The Balaban J connectivity index is 1.63. The summed E-state index contributed by atoms with van der Waals surface area (Å²) in [6.07, 6.45) is 1.95. The number of likely N-dealkylation sites (tertiary alicyclic amines) is 1. The van der Waals surface area contributed by atoms with Gasteiger partial charge in [0, 0.05) is 32.2 Å². The number of hydrogen-bond acceptors (Lipinski definition) is 3. The Hall–Kier alpha value is -2.17. The number of benzene rings is 2. The average Bonchev–Trinajstić information content (AvgIpc) is 2.70. The Kier molecular flexibility index (Phi) is 5.98. The van der Waals surface area contributed by atoms with Crippen LogP contribution < -0.4 is 5.73 Å². The van der Waals surface area contributed by atoms with E-state index in [9.17, 15) is 4.79 Å². The topological polar surface area (TPSA) is 49.6 Å². The molecule has 1 aliphatic heterocycles. The van der Waals surface area contributed by atoms with Crippen molar-refractivity contribution in [2.75, 3.05) is 13.6 Å². The zero-order chi connectivity index (χ0) is 19.4. The molecule has 2 aromatic rings. The number of piperidine rings is 1. The maximum atomic E-state index is 13.1. The number of carbonyl (C=O) groups is 1. The van der Waals surface area contributed by atoms with E-state index in [0.717, 1.165) is 31.5 Å². The van der Waals surface area contributed by atoms with Crippen molar-refractivity contribution in [3.05, 3.63) is 71.8 Å². The third-order valence-corrected chi connectivity index (χ3v) is 5.90. The van der Waals surface area contributed by atoms with Gasteiger partial charge in [0.2, 0.25) is 5.91 Å². The van der Waals surface area contributed by atoms with Gasteiger partial charge in [-0.1, -0.05) is 60.7 Å². The summed E-state index contributed by atoms with van der Waals surface area (Å²) in [7, 11) is 1.90. The van der Waals surface area contributed by atoms with Crippen LogP contribution in [0.4, 0.5) is 0 Å². The quantitative estimate of drug-likeness (QED) is 0.884. The monoisotopic (exact) mass is 365 g/mol. The minimum Gasteiger partial charge on any atom is -0.341 e. The van der Waals surface area contributed by atoms with Crippen LogP contribution in [0.2, 0.25) is 0 Å². The second-order valence-corrected chi connectivity index (χ2v) is 7.97. The molecular formula is C23H31N3O. The first kappa shape index (κ1) is 19.6. The molecule has 0 aromatic heterocycles. The summed E-state index contributed by atoms with van der Waals surface area (Å²) in [5.41, 5.74) is 7.65. The van der Waals surface area contributed by atoms with Crippen LogP contribution in [0.3, 0.4) is 0 Å². The van der Waals surface area contributed by atoms with E-state index in [2.05, 4.69) is 42.2 Å². The normalized spacial score (nSPS) is 22.8. The summed E-state index contributed by atoms with van der Waals surface area (Å²) >= 11 is 0. The van der Waals surface area contributed by atoms with Gasteiger partial charge in [-0.2, -0.15) is 0 Å². The number of nitrogens with zero attached hydrogens (tertiary/aromatic N) is 2. The van der Waals surface area contributed by atoms with E-state index in [1.54, 1.807) is 0 Å². The van der Waals surface area contributed by atoms with Gasteiger partial charge in [-0.05, 0) is 37.8 Å². The maximum Gasteiger partial charge on any atom is 0.246 e. The van der Waals surface area contributed by atoms with E-state index >= 15 is 0 Å². The highest BCUT2D eigenvalue weighted by molar-refractivity contribution is 5.87. The van der Waals surface area contributed by atoms with Gasteiger partial charge in [-0.25, -0.2) is 0 Å². The van der Waals surface area contributed by atoms with Crippen LogP contribution in [-0.2, 0) is 16.9 Å². The largest absolute Gasteiger partial charge is 0.341 e. The molecule has 4 nitrogen and oxygen atoms in total. The third-order valence-electron chi connectivity index (χ3n) is 5.90. The highest BCUT2D eigenvalue weighted by Crippen LogP contribution is 2.27. The fraction of sp³-hybridized carbons (Fsp3) is 0.435. The number of rotatable bonds is 5. The molecule has 0 radical (unpaired) electrons. The molecule has 3 unspecified atom stereocenters. The Morgan fingerprint density at radius 2 is 1.74 bits per heavy atom. The SMILES string of the molecule is CC1CC(N(C)C(=O)C(C)(N)c2ccccc2)CCN1Cc1ccccc1. The number of likely N-dealkylation sites (N-methyl/N-ethyl adjacent to an activating group) is 1. The Morgan fingerprint density at radius 3 is 2.33 bits per heavy atom. The summed E-state index contributed by atoms with van der Waals surface area (Å²) in [5, 5.41) is 0. The summed E-state index contributed by atoms with van der Waals surface area (Å²) in [6.45, 7) is 6.03. The summed E-state index contributed by atoms with van der Waals surface area (Å²) in [4.78, 5) is 17.5. The predicted octanol–water partition coefficient (Wildman–Crippen LogP) is 3.37. The lowest BCUT2D eigenvalue weighted by molar-refractivity contribution is -0.138. The van der Waals surface area contributed by atoms with Crippen molar-refractivity contribution in [2.45, 2.75) is 50.9 Å². The zero-order valence-corrected chi connectivity index (χ0v) is 16.6. The zero-order valence-electron chi connectivity index (χ0n) is 16.6. The molecule has 2 aromatic carbocycles. The molecule has 1 fully saturated rings. The van der Waals surface area contributed by atoms with Crippen LogP contribution in [0.15, 0.2) is 60.7 Å². The standard InChI is InChI=1S/C23H31N3O/c1-18-16-21(14-15-26(18)17-19-10-6-4-7-11-19)25(3)22(27)23(2,24)20-12-8-5-9-13-20/h4-13,18,21H,14-17,24H2,1-3H3. The lowest BCUT2D eigenvalue weighted by Gasteiger charge is -2.43. The molecule has 1 aliphatic rings. The van der Waals surface area contributed by atoms with Crippen molar-refractivity contribution in [2.24, 2.45) is 5.73 Å².